The van der Waals surface area contributed by atoms with Gasteiger partial charge in [0, 0.05) is 13.1 Å². The van der Waals surface area contributed by atoms with Gasteiger partial charge in [0.1, 0.15) is 6.04 Å². The van der Waals surface area contributed by atoms with Crippen LogP contribution in [0.1, 0.15) is 39.5 Å². The van der Waals surface area contributed by atoms with Gasteiger partial charge in [-0.05, 0) is 32.6 Å². The lowest BCUT2D eigenvalue weighted by Crippen LogP contribution is -2.51. The van der Waals surface area contributed by atoms with Gasteiger partial charge >= 0.3 is 5.97 Å². The normalized spacial score (nSPS) is 21.5. The molecule has 1 fully saturated rings. The van der Waals surface area contributed by atoms with E-state index in [2.05, 4.69) is 0 Å². The van der Waals surface area contributed by atoms with Gasteiger partial charge in [-0.2, -0.15) is 0 Å². The molecule has 18 heavy (non-hydrogen) atoms. The largest absolute Gasteiger partial charge is 0.464 e. The molecule has 0 aromatic heterocycles. The van der Waals surface area contributed by atoms with Crippen LogP contribution < -0.4 is 5.73 Å². The van der Waals surface area contributed by atoms with Crippen LogP contribution in [0.5, 0.6) is 0 Å². The third kappa shape index (κ3) is 3.45. The van der Waals surface area contributed by atoms with Crippen LogP contribution in [0.3, 0.4) is 0 Å². The Morgan fingerprint density at radius 1 is 1.39 bits per heavy atom. The minimum atomic E-state index is -0.410. The van der Waals surface area contributed by atoms with Gasteiger partial charge in [0.25, 0.3) is 0 Å². The van der Waals surface area contributed by atoms with Crippen molar-refractivity contribution in [2.75, 3.05) is 19.7 Å². The molecule has 0 aromatic carbocycles. The van der Waals surface area contributed by atoms with E-state index in [1.54, 1.807) is 11.8 Å². The summed E-state index contributed by atoms with van der Waals surface area (Å²) in [4.78, 5) is 25.9. The van der Waals surface area contributed by atoms with E-state index < -0.39 is 6.04 Å². The highest BCUT2D eigenvalue weighted by atomic mass is 16.5. The van der Waals surface area contributed by atoms with Gasteiger partial charge in [0.2, 0.25) is 5.91 Å². The molecule has 0 radical (unpaired) electrons. The Morgan fingerprint density at radius 3 is 2.67 bits per heavy atom. The molecule has 5 heteroatoms. The van der Waals surface area contributed by atoms with Gasteiger partial charge in [-0.1, -0.05) is 6.92 Å². The smallest absolute Gasteiger partial charge is 0.328 e. The van der Waals surface area contributed by atoms with Crippen LogP contribution >= 0.6 is 0 Å². The van der Waals surface area contributed by atoms with E-state index in [0.29, 0.717) is 32.5 Å². The molecule has 1 amide bonds. The summed E-state index contributed by atoms with van der Waals surface area (Å²) >= 11 is 0. The Hall–Kier alpha value is -1.10. The zero-order valence-electron chi connectivity index (χ0n) is 11.4. The summed E-state index contributed by atoms with van der Waals surface area (Å²) in [6.45, 7) is 5.05. The van der Waals surface area contributed by atoms with Crippen molar-refractivity contribution in [1.29, 1.82) is 0 Å². The first kappa shape index (κ1) is 15.0. The fourth-order valence-corrected chi connectivity index (χ4v) is 2.36. The maximum Gasteiger partial charge on any atom is 0.328 e. The van der Waals surface area contributed by atoms with Crippen molar-refractivity contribution in [3.05, 3.63) is 0 Å². The Kier molecular flexibility index (Phi) is 6.12. The number of piperidine rings is 1. The summed E-state index contributed by atoms with van der Waals surface area (Å²) < 4.78 is 5.04. The highest BCUT2D eigenvalue weighted by Crippen LogP contribution is 2.21. The molecule has 1 heterocycles. The van der Waals surface area contributed by atoms with Crippen LogP contribution in [-0.4, -0.2) is 42.5 Å². The van der Waals surface area contributed by atoms with Gasteiger partial charge < -0.3 is 15.4 Å². The summed E-state index contributed by atoms with van der Waals surface area (Å²) in [6, 6.07) is -0.410. The molecule has 2 atom stereocenters. The quantitative estimate of drug-likeness (QED) is 0.742. The third-order valence-electron chi connectivity index (χ3n) is 3.47. The molecule has 1 aliphatic heterocycles. The first-order chi connectivity index (χ1) is 8.65. The number of rotatable bonds is 5. The molecule has 0 spiro atoms. The molecule has 0 bridgehead atoms. The number of ether oxygens (including phenoxy) is 1. The van der Waals surface area contributed by atoms with E-state index in [1.165, 1.54) is 0 Å². The SMILES string of the molecule is CCOC(=O)C1CCCCN1C(=O)C(CC)CN. The molecular formula is C13H24N2O3. The number of amides is 1. The third-order valence-corrected chi connectivity index (χ3v) is 3.47. The second-order valence-electron chi connectivity index (χ2n) is 4.64. The topological polar surface area (TPSA) is 72.6 Å². The second kappa shape index (κ2) is 7.36. The molecule has 1 saturated heterocycles. The lowest BCUT2D eigenvalue weighted by atomic mass is 9.98. The van der Waals surface area contributed by atoms with Crippen molar-refractivity contribution < 1.29 is 14.3 Å². The van der Waals surface area contributed by atoms with Crippen molar-refractivity contribution in [2.45, 2.75) is 45.6 Å². The molecule has 0 aliphatic carbocycles. The summed E-state index contributed by atoms with van der Waals surface area (Å²) in [5.74, 6) is -0.463. The number of likely N-dealkylation sites (tertiary alicyclic amines) is 1. The predicted molar refractivity (Wildman–Crippen MR) is 68.8 cm³/mol. The average Bonchev–Trinajstić information content (AvgIpc) is 2.40. The van der Waals surface area contributed by atoms with Crippen molar-refractivity contribution in [1.82, 2.24) is 4.90 Å². The van der Waals surface area contributed by atoms with Crippen LogP contribution in [0.2, 0.25) is 0 Å². The van der Waals surface area contributed by atoms with Crippen molar-refractivity contribution in [3.8, 4) is 0 Å². The minimum Gasteiger partial charge on any atom is -0.464 e. The van der Waals surface area contributed by atoms with Gasteiger partial charge in [0.05, 0.1) is 12.5 Å². The average molecular weight is 256 g/mol. The second-order valence-corrected chi connectivity index (χ2v) is 4.64. The molecule has 5 nitrogen and oxygen atoms in total. The number of carbonyl (C=O) groups is 2. The van der Waals surface area contributed by atoms with Crippen molar-refractivity contribution >= 4 is 11.9 Å². The number of carbonyl (C=O) groups excluding carboxylic acids is 2. The van der Waals surface area contributed by atoms with Gasteiger partial charge in [-0.25, -0.2) is 4.79 Å². The van der Waals surface area contributed by atoms with E-state index in [4.69, 9.17) is 10.5 Å². The fraction of sp³-hybridized carbons (Fsp3) is 0.846. The maximum absolute atomic E-state index is 12.3. The zero-order chi connectivity index (χ0) is 13.5. The molecule has 0 saturated carbocycles. The van der Waals surface area contributed by atoms with Gasteiger partial charge in [0.15, 0.2) is 0 Å². The van der Waals surface area contributed by atoms with Crippen molar-refractivity contribution in [3.63, 3.8) is 0 Å². The van der Waals surface area contributed by atoms with Gasteiger partial charge in [-0.3, -0.25) is 4.79 Å². The van der Waals surface area contributed by atoms with E-state index >= 15 is 0 Å². The number of nitrogens with zero attached hydrogens (tertiary/aromatic N) is 1. The number of nitrogens with two attached hydrogens (primary N) is 1. The molecule has 1 aliphatic rings. The molecule has 2 unspecified atom stereocenters. The molecule has 1 rings (SSSR count). The first-order valence-corrected chi connectivity index (χ1v) is 6.82. The highest BCUT2D eigenvalue weighted by Gasteiger charge is 2.35. The monoisotopic (exact) mass is 256 g/mol. The molecule has 2 N–H and O–H groups in total. The number of hydrogen-bond donors (Lipinski definition) is 1. The van der Waals surface area contributed by atoms with Crippen LogP contribution in [0.15, 0.2) is 0 Å². The fourth-order valence-electron chi connectivity index (χ4n) is 2.36. The number of esters is 1. The molecular weight excluding hydrogens is 232 g/mol. The Bertz CT molecular complexity index is 290. The van der Waals surface area contributed by atoms with E-state index in [-0.39, 0.29) is 17.8 Å². The number of hydrogen-bond acceptors (Lipinski definition) is 4. The minimum absolute atomic E-state index is 0.00208. The Labute approximate surface area is 109 Å². The van der Waals surface area contributed by atoms with Crippen LogP contribution in [0.4, 0.5) is 0 Å². The Morgan fingerprint density at radius 2 is 2.11 bits per heavy atom. The lowest BCUT2D eigenvalue weighted by Gasteiger charge is -2.36. The Balaban J connectivity index is 2.75. The van der Waals surface area contributed by atoms with E-state index in [0.717, 1.165) is 12.8 Å². The summed E-state index contributed by atoms with van der Waals surface area (Å²) in [6.07, 6.45) is 3.32. The standard InChI is InChI=1S/C13H24N2O3/c1-3-10(9-14)12(16)15-8-6-5-7-11(15)13(17)18-4-2/h10-11H,3-9,14H2,1-2H3. The van der Waals surface area contributed by atoms with Crippen LogP contribution in [0.25, 0.3) is 0 Å². The van der Waals surface area contributed by atoms with Crippen LogP contribution in [-0.2, 0) is 14.3 Å². The summed E-state index contributed by atoms with van der Waals surface area (Å²) in [5, 5.41) is 0. The zero-order valence-corrected chi connectivity index (χ0v) is 11.4. The molecule has 0 aromatic rings. The predicted octanol–water partition coefficient (Wildman–Crippen LogP) is 0.915. The first-order valence-electron chi connectivity index (χ1n) is 6.82. The van der Waals surface area contributed by atoms with Crippen LogP contribution in [0, 0.1) is 5.92 Å². The van der Waals surface area contributed by atoms with E-state index in [1.807, 2.05) is 6.92 Å². The molecule has 104 valence electrons. The van der Waals surface area contributed by atoms with E-state index in [9.17, 15) is 9.59 Å². The maximum atomic E-state index is 12.3. The van der Waals surface area contributed by atoms with Crippen molar-refractivity contribution in [2.24, 2.45) is 11.7 Å². The summed E-state index contributed by atoms with van der Waals surface area (Å²) in [5.41, 5.74) is 5.61. The summed E-state index contributed by atoms with van der Waals surface area (Å²) in [7, 11) is 0. The van der Waals surface area contributed by atoms with Gasteiger partial charge in [-0.15, -0.1) is 0 Å². The highest BCUT2D eigenvalue weighted by molar-refractivity contribution is 5.86. The lowest BCUT2D eigenvalue weighted by molar-refractivity contribution is -0.158.